The molecule has 0 aromatic heterocycles. The van der Waals surface area contributed by atoms with E-state index < -0.39 is 11.7 Å². The molecule has 0 amide bonds. The van der Waals surface area contributed by atoms with Gasteiger partial charge in [0.2, 0.25) is 0 Å². The second-order valence-electron chi connectivity index (χ2n) is 7.69. The van der Waals surface area contributed by atoms with Crippen molar-refractivity contribution in [2.45, 2.75) is 43.9 Å². The molecule has 0 radical (unpaired) electrons. The predicted molar refractivity (Wildman–Crippen MR) is 97.6 cm³/mol. The summed E-state index contributed by atoms with van der Waals surface area (Å²) in [4.78, 5) is 0. The van der Waals surface area contributed by atoms with E-state index in [1.165, 1.54) is 31.4 Å². The SMILES string of the molecule is FC(F)(F)c1cccc(C2=CCC([C@H]3C[C@@H]3NC3CCNCC3)C=C2)c1. The Morgan fingerprint density at radius 1 is 1.12 bits per heavy atom. The normalized spacial score (nSPS) is 29.5. The first-order chi connectivity index (χ1) is 12.5. The van der Waals surface area contributed by atoms with Crippen LogP contribution in [0, 0.1) is 11.8 Å². The molecule has 2 aliphatic carbocycles. The summed E-state index contributed by atoms with van der Waals surface area (Å²) < 4.78 is 38.7. The van der Waals surface area contributed by atoms with Crippen LogP contribution < -0.4 is 10.6 Å². The topological polar surface area (TPSA) is 24.1 Å². The number of benzene rings is 1. The molecule has 2 fully saturated rings. The molecular weight excluding hydrogens is 337 g/mol. The molecule has 0 spiro atoms. The third kappa shape index (κ3) is 4.04. The van der Waals surface area contributed by atoms with Crippen LogP contribution in [0.25, 0.3) is 5.57 Å². The molecule has 5 heteroatoms. The molecule has 0 bridgehead atoms. The Balaban J connectivity index is 1.34. The fraction of sp³-hybridized carbons (Fsp3) is 0.524. The standard InChI is InChI=1S/C21H25F3N2/c22-21(23,24)17-3-1-2-16(12-17)14-4-6-15(7-5-14)19-13-20(19)26-18-8-10-25-11-9-18/h1-6,12,15,18-20,25-26H,7-11,13H2/t15?,19-,20+/m1/s1. The molecule has 1 aromatic carbocycles. The van der Waals surface area contributed by atoms with E-state index in [1.54, 1.807) is 6.07 Å². The summed E-state index contributed by atoms with van der Waals surface area (Å²) in [6.07, 6.45) is 6.53. The zero-order chi connectivity index (χ0) is 18.1. The molecule has 1 saturated heterocycles. The van der Waals surface area contributed by atoms with E-state index in [2.05, 4.69) is 22.8 Å². The van der Waals surface area contributed by atoms with Gasteiger partial charge in [-0.3, -0.25) is 0 Å². The molecule has 2 N–H and O–H groups in total. The van der Waals surface area contributed by atoms with Gasteiger partial charge in [-0.05, 0) is 73.9 Å². The highest BCUT2D eigenvalue weighted by Gasteiger charge is 2.42. The number of halogens is 3. The van der Waals surface area contributed by atoms with Crippen LogP contribution in [0.5, 0.6) is 0 Å². The average molecular weight is 362 g/mol. The maximum absolute atomic E-state index is 12.9. The van der Waals surface area contributed by atoms with Crippen LogP contribution in [0.15, 0.2) is 42.5 Å². The van der Waals surface area contributed by atoms with Crippen molar-refractivity contribution < 1.29 is 13.2 Å². The van der Waals surface area contributed by atoms with Gasteiger partial charge in [-0.2, -0.15) is 13.2 Å². The molecule has 1 aromatic rings. The lowest BCUT2D eigenvalue weighted by Gasteiger charge is -2.24. The molecule has 2 nitrogen and oxygen atoms in total. The Kier molecular flexibility index (Phi) is 4.93. The lowest BCUT2D eigenvalue weighted by atomic mass is 9.89. The second kappa shape index (κ2) is 7.20. The highest BCUT2D eigenvalue weighted by atomic mass is 19.4. The first-order valence-electron chi connectivity index (χ1n) is 9.53. The van der Waals surface area contributed by atoms with Crippen LogP contribution in [0.4, 0.5) is 13.2 Å². The van der Waals surface area contributed by atoms with Gasteiger partial charge in [-0.25, -0.2) is 0 Å². The van der Waals surface area contributed by atoms with Gasteiger partial charge in [0.15, 0.2) is 0 Å². The van der Waals surface area contributed by atoms with Crippen molar-refractivity contribution in [2.75, 3.05) is 13.1 Å². The summed E-state index contributed by atoms with van der Waals surface area (Å²) in [6.45, 7) is 2.20. The molecule has 3 aliphatic rings. The van der Waals surface area contributed by atoms with Crippen molar-refractivity contribution in [1.82, 2.24) is 10.6 Å². The van der Waals surface area contributed by atoms with Crippen LogP contribution in [0.1, 0.15) is 36.8 Å². The Labute approximate surface area is 152 Å². The van der Waals surface area contributed by atoms with Gasteiger partial charge in [0, 0.05) is 12.1 Å². The summed E-state index contributed by atoms with van der Waals surface area (Å²) in [5, 5.41) is 7.17. The van der Waals surface area contributed by atoms with E-state index in [9.17, 15) is 13.2 Å². The fourth-order valence-corrected chi connectivity index (χ4v) is 4.21. The average Bonchev–Trinajstić information content (AvgIpc) is 3.41. The second-order valence-corrected chi connectivity index (χ2v) is 7.69. The number of piperidine rings is 1. The number of rotatable bonds is 4. The molecule has 1 unspecified atom stereocenters. The Bertz CT molecular complexity index is 701. The first-order valence-corrected chi connectivity index (χ1v) is 9.53. The monoisotopic (exact) mass is 362 g/mol. The van der Waals surface area contributed by atoms with Crippen LogP contribution in [0.2, 0.25) is 0 Å². The molecule has 140 valence electrons. The smallest absolute Gasteiger partial charge is 0.317 e. The maximum atomic E-state index is 12.9. The van der Waals surface area contributed by atoms with E-state index >= 15 is 0 Å². The van der Waals surface area contributed by atoms with Gasteiger partial charge in [-0.1, -0.05) is 30.4 Å². The number of hydrogen-bond acceptors (Lipinski definition) is 2. The number of allylic oxidation sites excluding steroid dienone is 4. The summed E-state index contributed by atoms with van der Waals surface area (Å²) >= 11 is 0. The lowest BCUT2D eigenvalue weighted by molar-refractivity contribution is -0.137. The molecule has 1 saturated carbocycles. The summed E-state index contributed by atoms with van der Waals surface area (Å²) in [6, 6.07) is 6.85. The zero-order valence-corrected chi connectivity index (χ0v) is 14.7. The van der Waals surface area contributed by atoms with Gasteiger partial charge in [0.05, 0.1) is 5.56 Å². The fourth-order valence-electron chi connectivity index (χ4n) is 4.21. The van der Waals surface area contributed by atoms with Gasteiger partial charge in [0.25, 0.3) is 0 Å². The van der Waals surface area contributed by atoms with Crippen LogP contribution in [-0.2, 0) is 6.18 Å². The van der Waals surface area contributed by atoms with Crippen molar-refractivity contribution in [3.05, 3.63) is 53.6 Å². The van der Waals surface area contributed by atoms with Crippen molar-refractivity contribution in [1.29, 1.82) is 0 Å². The Hall–Kier alpha value is -1.59. The first kappa shape index (κ1) is 17.8. The van der Waals surface area contributed by atoms with Crippen LogP contribution in [-0.4, -0.2) is 25.2 Å². The van der Waals surface area contributed by atoms with Crippen molar-refractivity contribution in [2.24, 2.45) is 11.8 Å². The van der Waals surface area contributed by atoms with Gasteiger partial charge < -0.3 is 10.6 Å². The molecule has 3 atom stereocenters. The maximum Gasteiger partial charge on any atom is 0.416 e. The van der Waals surface area contributed by atoms with Crippen molar-refractivity contribution in [3.8, 4) is 0 Å². The van der Waals surface area contributed by atoms with Gasteiger partial charge in [0.1, 0.15) is 0 Å². The van der Waals surface area contributed by atoms with E-state index in [4.69, 9.17) is 0 Å². The molecule has 4 rings (SSSR count). The highest BCUT2D eigenvalue weighted by molar-refractivity contribution is 5.75. The van der Waals surface area contributed by atoms with Gasteiger partial charge >= 0.3 is 6.18 Å². The van der Waals surface area contributed by atoms with E-state index in [0.717, 1.165) is 31.1 Å². The van der Waals surface area contributed by atoms with Crippen molar-refractivity contribution in [3.63, 3.8) is 0 Å². The van der Waals surface area contributed by atoms with Gasteiger partial charge in [-0.15, -0.1) is 0 Å². The summed E-state index contributed by atoms with van der Waals surface area (Å²) in [5.74, 6) is 1.17. The molecule has 1 heterocycles. The highest BCUT2D eigenvalue weighted by Crippen LogP contribution is 2.43. The molecular formula is C21H25F3N2. The lowest BCUT2D eigenvalue weighted by Crippen LogP contribution is -2.41. The van der Waals surface area contributed by atoms with Crippen molar-refractivity contribution >= 4 is 5.57 Å². The number of hydrogen-bond donors (Lipinski definition) is 2. The number of nitrogens with one attached hydrogen (secondary N) is 2. The largest absolute Gasteiger partial charge is 0.416 e. The van der Waals surface area contributed by atoms with Crippen LogP contribution in [0.3, 0.4) is 0 Å². The van der Waals surface area contributed by atoms with E-state index in [1.807, 2.05) is 6.08 Å². The molecule has 26 heavy (non-hydrogen) atoms. The quantitative estimate of drug-likeness (QED) is 0.830. The minimum atomic E-state index is -4.29. The predicted octanol–water partition coefficient (Wildman–Crippen LogP) is 4.40. The zero-order valence-electron chi connectivity index (χ0n) is 14.7. The number of alkyl halides is 3. The summed E-state index contributed by atoms with van der Waals surface area (Å²) in [5.41, 5.74) is 0.963. The summed E-state index contributed by atoms with van der Waals surface area (Å²) in [7, 11) is 0. The minimum Gasteiger partial charge on any atom is -0.317 e. The molecule has 1 aliphatic heterocycles. The van der Waals surface area contributed by atoms with E-state index in [-0.39, 0.29) is 0 Å². The third-order valence-electron chi connectivity index (χ3n) is 5.83. The van der Waals surface area contributed by atoms with E-state index in [0.29, 0.717) is 29.5 Å². The Morgan fingerprint density at radius 2 is 1.92 bits per heavy atom. The Morgan fingerprint density at radius 3 is 2.62 bits per heavy atom. The third-order valence-corrected chi connectivity index (χ3v) is 5.83. The minimum absolute atomic E-state index is 0.503. The van der Waals surface area contributed by atoms with Crippen LogP contribution >= 0.6 is 0 Å².